The second kappa shape index (κ2) is 8.03. The topological polar surface area (TPSA) is 55.8 Å². The van der Waals surface area contributed by atoms with Gasteiger partial charge in [0, 0.05) is 7.11 Å². The second-order valence-corrected chi connectivity index (χ2v) is 6.64. The fourth-order valence-electron chi connectivity index (χ4n) is 2.21. The fourth-order valence-corrected chi connectivity index (χ4v) is 2.21. The van der Waals surface area contributed by atoms with E-state index in [1.54, 1.807) is 20.8 Å². The highest BCUT2D eigenvalue weighted by molar-refractivity contribution is 6.04. The summed E-state index contributed by atoms with van der Waals surface area (Å²) >= 11 is 0. The van der Waals surface area contributed by atoms with Crippen LogP contribution in [0.3, 0.4) is 0 Å². The van der Waals surface area contributed by atoms with Crippen molar-refractivity contribution in [3.8, 4) is 0 Å². The number of esters is 1. The van der Waals surface area contributed by atoms with Gasteiger partial charge in [0.05, 0.1) is 23.9 Å². The molecule has 0 heterocycles. The number of anilines is 1. The molecule has 1 atom stereocenters. The summed E-state index contributed by atoms with van der Waals surface area (Å²) in [5.41, 5.74) is -1.83. The van der Waals surface area contributed by atoms with Gasteiger partial charge in [0.1, 0.15) is 11.4 Å². The molecule has 1 amide bonds. The molecule has 0 bridgehead atoms. The molecule has 0 aliphatic carbocycles. The van der Waals surface area contributed by atoms with Gasteiger partial charge in [-0.15, -0.1) is 0 Å². The third-order valence-corrected chi connectivity index (χ3v) is 3.15. The van der Waals surface area contributed by atoms with Gasteiger partial charge in [-0.25, -0.2) is 9.18 Å². The average Bonchev–Trinajstić information content (AvgIpc) is 2.44. The van der Waals surface area contributed by atoms with Gasteiger partial charge < -0.3 is 9.47 Å². The Kier molecular flexibility index (Phi) is 6.76. The predicted octanol–water partition coefficient (Wildman–Crippen LogP) is 3.71. The molecule has 0 radical (unpaired) electrons. The number of halogens is 4. The average molecular weight is 379 g/mol. The Hall–Kier alpha value is -2.16. The van der Waals surface area contributed by atoms with Crippen LogP contribution in [0.2, 0.25) is 0 Å². The molecule has 0 saturated carbocycles. The predicted molar refractivity (Wildman–Crippen MR) is 86.4 cm³/mol. The van der Waals surface area contributed by atoms with E-state index in [-0.39, 0.29) is 12.2 Å². The molecule has 0 spiro atoms. The number of carbonyl (C=O) groups excluding carboxylic acids is 2. The minimum Gasteiger partial charge on any atom is -0.456 e. The highest BCUT2D eigenvalue weighted by atomic mass is 19.4. The zero-order chi connectivity index (χ0) is 20.3. The maximum Gasteiger partial charge on any atom is 0.471 e. The number of methoxy groups -OCH3 is 1. The summed E-state index contributed by atoms with van der Waals surface area (Å²) in [7, 11) is 1.24. The first-order valence-electron chi connectivity index (χ1n) is 7.70. The first-order chi connectivity index (χ1) is 11.8. The Labute approximate surface area is 148 Å². The van der Waals surface area contributed by atoms with E-state index < -0.39 is 41.2 Å². The standard InChI is InChI=1S/C17H21F4NO4/c1-10(9-25-5)22(15(24)17(19,20)21)13-8-11(18)6-7-12(13)14(23)26-16(2,3)4/h6-8,10H,9H2,1-5H3. The van der Waals surface area contributed by atoms with Crippen LogP contribution < -0.4 is 4.90 Å². The first kappa shape index (κ1) is 21.9. The van der Waals surface area contributed by atoms with Crippen LogP contribution in [-0.2, 0) is 14.3 Å². The van der Waals surface area contributed by atoms with E-state index in [0.717, 1.165) is 12.1 Å². The minimum absolute atomic E-state index is 0.258. The van der Waals surface area contributed by atoms with Crippen molar-refractivity contribution < 1.29 is 36.6 Å². The van der Waals surface area contributed by atoms with Crippen LogP contribution in [0.1, 0.15) is 38.1 Å². The molecule has 0 fully saturated rings. The number of nitrogens with zero attached hydrogens (tertiary/aromatic N) is 1. The highest BCUT2D eigenvalue weighted by Crippen LogP contribution is 2.30. The quantitative estimate of drug-likeness (QED) is 0.578. The molecule has 0 aliphatic rings. The lowest BCUT2D eigenvalue weighted by molar-refractivity contribution is -0.171. The molecule has 1 rings (SSSR count). The summed E-state index contributed by atoms with van der Waals surface area (Å²) in [5, 5.41) is 0. The Balaban J connectivity index is 3.52. The van der Waals surface area contributed by atoms with Crippen LogP contribution >= 0.6 is 0 Å². The molecule has 0 N–H and O–H groups in total. The number of ether oxygens (including phenoxy) is 2. The molecule has 26 heavy (non-hydrogen) atoms. The largest absolute Gasteiger partial charge is 0.471 e. The van der Waals surface area contributed by atoms with Crippen molar-refractivity contribution in [2.45, 2.75) is 45.5 Å². The van der Waals surface area contributed by atoms with Crippen LogP contribution in [0.15, 0.2) is 18.2 Å². The van der Waals surface area contributed by atoms with Gasteiger partial charge in [-0.1, -0.05) is 0 Å². The molecular formula is C17H21F4NO4. The molecule has 1 aromatic carbocycles. The fraction of sp³-hybridized carbons (Fsp3) is 0.529. The molecule has 1 unspecified atom stereocenters. The smallest absolute Gasteiger partial charge is 0.456 e. The van der Waals surface area contributed by atoms with Gasteiger partial charge in [0.25, 0.3) is 0 Å². The van der Waals surface area contributed by atoms with E-state index in [2.05, 4.69) is 0 Å². The molecular weight excluding hydrogens is 358 g/mol. The van der Waals surface area contributed by atoms with Crippen LogP contribution in [0.25, 0.3) is 0 Å². The number of rotatable bonds is 5. The van der Waals surface area contributed by atoms with Crippen molar-refractivity contribution in [1.29, 1.82) is 0 Å². The van der Waals surface area contributed by atoms with Crippen molar-refractivity contribution in [2.24, 2.45) is 0 Å². The van der Waals surface area contributed by atoms with E-state index >= 15 is 0 Å². The molecule has 146 valence electrons. The van der Waals surface area contributed by atoms with E-state index in [4.69, 9.17) is 9.47 Å². The lowest BCUT2D eigenvalue weighted by atomic mass is 10.1. The van der Waals surface area contributed by atoms with Crippen LogP contribution in [0, 0.1) is 5.82 Å². The normalized spacial score (nSPS) is 13.3. The van der Waals surface area contributed by atoms with Gasteiger partial charge in [0.2, 0.25) is 0 Å². The summed E-state index contributed by atoms with van der Waals surface area (Å²) < 4.78 is 62.8. The maximum absolute atomic E-state index is 13.7. The summed E-state index contributed by atoms with van der Waals surface area (Å²) in [4.78, 5) is 24.6. The maximum atomic E-state index is 13.7. The van der Waals surface area contributed by atoms with E-state index in [1.165, 1.54) is 14.0 Å². The van der Waals surface area contributed by atoms with Gasteiger partial charge in [-0.05, 0) is 45.9 Å². The van der Waals surface area contributed by atoms with Gasteiger partial charge in [0.15, 0.2) is 0 Å². The van der Waals surface area contributed by atoms with Crippen LogP contribution in [-0.4, -0.2) is 43.4 Å². The number of carbonyl (C=O) groups is 2. The molecule has 5 nitrogen and oxygen atoms in total. The number of hydrogen-bond acceptors (Lipinski definition) is 4. The Morgan fingerprint density at radius 3 is 2.23 bits per heavy atom. The lowest BCUT2D eigenvalue weighted by Crippen LogP contribution is -2.48. The van der Waals surface area contributed by atoms with Gasteiger partial charge in [-0.2, -0.15) is 13.2 Å². The van der Waals surface area contributed by atoms with Crippen LogP contribution in [0.5, 0.6) is 0 Å². The van der Waals surface area contributed by atoms with Gasteiger partial charge in [-0.3, -0.25) is 9.69 Å². The van der Waals surface area contributed by atoms with E-state index in [9.17, 15) is 27.2 Å². The first-order valence-corrected chi connectivity index (χ1v) is 7.70. The zero-order valence-electron chi connectivity index (χ0n) is 15.1. The molecule has 9 heteroatoms. The van der Waals surface area contributed by atoms with Crippen molar-refractivity contribution in [3.05, 3.63) is 29.6 Å². The molecule has 0 aliphatic heterocycles. The highest BCUT2D eigenvalue weighted by Gasteiger charge is 2.45. The van der Waals surface area contributed by atoms with E-state index in [0.29, 0.717) is 11.0 Å². The SMILES string of the molecule is COCC(C)N(C(=O)C(F)(F)F)c1cc(F)ccc1C(=O)OC(C)(C)C. The second-order valence-electron chi connectivity index (χ2n) is 6.64. The van der Waals surface area contributed by atoms with Crippen molar-refractivity contribution in [3.63, 3.8) is 0 Å². The van der Waals surface area contributed by atoms with Crippen molar-refractivity contribution >= 4 is 17.6 Å². The summed E-state index contributed by atoms with van der Waals surface area (Å²) in [6.07, 6.45) is -5.22. The number of benzene rings is 1. The molecule has 0 saturated heterocycles. The third kappa shape index (κ3) is 5.69. The monoisotopic (exact) mass is 379 g/mol. The van der Waals surface area contributed by atoms with Crippen molar-refractivity contribution in [1.82, 2.24) is 0 Å². The van der Waals surface area contributed by atoms with E-state index in [1.807, 2.05) is 0 Å². The summed E-state index contributed by atoms with van der Waals surface area (Å²) in [6.45, 7) is 5.74. The van der Waals surface area contributed by atoms with Gasteiger partial charge >= 0.3 is 18.1 Å². The Bertz CT molecular complexity index is 668. The Morgan fingerprint density at radius 2 is 1.77 bits per heavy atom. The number of hydrogen-bond donors (Lipinski definition) is 0. The lowest BCUT2D eigenvalue weighted by Gasteiger charge is -2.31. The molecule has 0 aromatic heterocycles. The number of amides is 1. The molecule has 1 aromatic rings. The third-order valence-electron chi connectivity index (χ3n) is 3.15. The number of alkyl halides is 3. The van der Waals surface area contributed by atoms with Crippen LogP contribution in [0.4, 0.5) is 23.2 Å². The zero-order valence-corrected chi connectivity index (χ0v) is 15.1. The summed E-state index contributed by atoms with van der Waals surface area (Å²) in [5.74, 6) is -4.12. The summed E-state index contributed by atoms with van der Waals surface area (Å²) in [6, 6.07) is 1.46. The Morgan fingerprint density at radius 1 is 1.19 bits per heavy atom. The van der Waals surface area contributed by atoms with Crippen molar-refractivity contribution in [2.75, 3.05) is 18.6 Å². The minimum atomic E-state index is -5.22.